The largest absolute Gasteiger partial charge is 0.279 e. The van der Waals surface area contributed by atoms with Crippen molar-refractivity contribution in [1.29, 1.82) is 0 Å². The van der Waals surface area contributed by atoms with Crippen molar-refractivity contribution in [1.82, 2.24) is 39.4 Å². The highest BCUT2D eigenvalue weighted by Gasteiger charge is 2.21. The van der Waals surface area contributed by atoms with Crippen molar-refractivity contribution in [3.05, 3.63) is 40.4 Å². The molecule has 0 saturated heterocycles. The minimum Gasteiger partial charge on any atom is -0.279 e. The maximum atomic E-state index is 12.6. The Labute approximate surface area is 164 Å². The summed E-state index contributed by atoms with van der Waals surface area (Å²) >= 11 is 1.55. The van der Waals surface area contributed by atoms with E-state index >= 15 is 0 Å². The Kier molecular flexibility index (Phi) is 4.34. The Morgan fingerprint density at radius 3 is 2.79 bits per heavy atom. The normalized spacial score (nSPS) is 15.6. The molecule has 1 fully saturated rings. The maximum Gasteiger partial charge on any atom is 0.262 e. The molecule has 28 heavy (non-hydrogen) atoms. The molecule has 0 aliphatic heterocycles. The average Bonchev–Trinajstić information content (AvgIpc) is 3.38. The molecule has 1 aromatic carbocycles. The molecule has 0 radical (unpaired) electrons. The quantitative estimate of drug-likeness (QED) is 0.489. The lowest BCUT2D eigenvalue weighted by Crippen LogP contribution is -2.20. The third-order valence-electron chi connectivity index (χ3n) is 5.41. The molecule has 3 heterocycles. The van der Waals surface area contributed by atoms with Crippen LogP contribution in [0, 0.1) is 0 Å². The van der Waals surface area contributed by atoms with Crippen LogP contribution in [-0.2, 0) is 12.8 Å². The highest BCUT2D eigenvalue weighted by molar-refractivity contribution is 7.98. The van der Waals surface area contributed by atoms with E-state index in [1.807, 2.05) is 33.3 Å². The van der Waals surface area contributed by atoms with Crippen molar-refractivity contribution >= 4 is 28.4 Å². The van der Waals surface area contributed by atoms with Gasteiger partial charge in [0.2, 0.25) is 10.9 Å². The third-order valence-corrected chi connectivity index (χ3v) is 6.34. The molecule has 0 amide bonds. The zero-order valence-corrected chi connectivity index (χ0v) is 16.3. The lowest BCUT2D eigenvalue weighted by molar-refractivity contribution is 0.307. The minimum atomic E-state index is -0.0732. The van der Waals surface area contributed by atoms with Gasteiger partial charge in [-0.15, -0.1) is 15.3 Å². The maximum absolute atomic E-state index is 12.6. The van der Waals surface area contributed by atoms with Gasteiger partial charge in [-0.05, 0) is 35.4 Å². The highest BCUT2D eigenvalue weighted by atomic mass is 32.2. The number of fused-ring (bicyclic) bond motifs is 3. The molecule has 4 aromatic rings. The second kappa shape index (κ2) is 7.01. The van der Waals surface area contributed by atoms with E-state index in [-0.39, 0.29) is 5.56 Å². The first-order valence-corrected chi connectivity index (χ1v) is 10.4. The summed E-state index contributed by atoms with van der Waals surface area (Å²) in [6.07, 6.45) is 5.99. The van der Waals surface area contributed by atoms with E-state index in [2.05, 4.69) is 25.7 Å². The monoisotopic (exact) mass is 396 g/mol. The second-order valence-corrected chi connectivity index (χ2v) is 8.06. The molecule has 0 spiro atoms. The van der Waals surface area contributed by atoms with Crippen LogP contribution in [0.25, 0.3) is 16.7 Å². The van der Waals surface area contributed by atoms with Crippen molar-refractivity contribution in [3.63, 3.8) is 0 Å². The van der Waals surface area contributed by atoms with Crippen LogP contribution < -0.4 is 5.56 Å². The predicted molar refractivity (Wildman–Crippen MR) is 105 cm³/mol. The first-order chi connectivity index (χ1) is 13.7. The predicted octanol–water partition coefficient (Wildman–Crippen LogP) is 2.37. The van der Waals surface area contributed by atoms with Crippen LogP contribution in [0.4, 0.5) is 0 Å². The molecule has 9 nitrogen and oxygen atoms in total. The number of hydrogen-bond donors (Lipinski definition) is 0. The van der Waals surface area contributed by atoms with Gasteiger partial charge in [0, 0.05) is 7.05 Å². The molecule has 0 N–H and O–H groups in total. The van der Waals surface area contributed by atoms with Gasteiger partial charge in [0.05, 0.1) is 22.7 Å². The number of aryl methyl sites for hydroxylation is 1. The van der Waals surface area contributed by atoms with E-state index in [9.17, 15) is 4.79 Å². The molecular weight excluding hydrogens is 376 g/mol. The molecule has 5 rings (SSSR count). The van der Waals surface area contributed by atoms with Crippen LogP contribution in [-0.4, -0.2) is 39.4 Å². The van der Waals surface area contributed by atoms with Crippen LogP contribution in [0.1, 0.15) is 44.0 Å². The Hall–Kier alpha value is -2.75. The van der Waals surface area contributed by atoms with Crippen LogP contribution >= 0.6 is 11.8 Å². The minimum absolute atomic E-state index is 0.0732. The van der Waals surface area contributed by atoms with Crippen molar-refractivity contribution in [3.8, 4) is 0 Å². The van der Waals surface area contributed by atoms with Gasteiger partial charge in [0.1, 0.15) is 5.82 Å². The third kappa shape index (κ3) is 2.79. The zero-order valence-electron chi connectivity index (χ0n) is 15.5. The van der Waals surface area contributed by atoms with Crippen molar-refractivity contribution in [2.24, 2.45) is 7.05 Å². The molecule has 1 aliphatic carbocycles. The van der Waals surface area contributed by atoms with E-state index in [0.29, 0.717) is 23.0 Å². The number of tetrazole rings is 1. The summed E-state index contributed by atoms with van der Waals surface area (Å²) in [5.74, 6) is 1.87. The smallest absolute Gasteiger partial charge is 0.262 e. The molecule has 3 aromatic heterocycles. The number of benzene rings is 1. The van der Waals surface area contributed by atoms with E-state index in [4.69, 9.17) is 0 Å². The standard InChI is InChI=1S/C18H20N8OS/c1-24-16(27)13-9-5-6-10-14(13)25-15(19-20-17(24)25)11-28-18-21-22-23-26(18)12-7-3-2-4-8-12/h5-6,9-10,12H,2-4,7-8,11H2,1H3. The van der Waals surface area contributed by atoms with E-state index in [1.54, 1.807) is 18.8 Å². The molecule has 0 bridgehead atoms. The average molecular weight is 396 g/mol. The van der Waals surface area contributed by atoms with Crippen LogP contribution in [0.15, 0.2) is 34.2 Å². The van der Waals surface area contributed by atoms with Crippen molar-refractivity contribution in [2.75, 3.05) is 0 Å². The fraction of sp³-hybridized carbons (Fsp3) is 0.444. The number of aromatic nitrogens is 8. The van der Waals surface area contributed by atoms with Gasteiger partial charge in [-0.3, -0.25) is 13.8 Å². The second-order valence-electron chi connectivity index (χ2n) is 7.12. The van der Waals surface area contributed by atoms with Gasteiger partial charge in [-0.25, -0.2) is 4.68 Å². The van der Waals surface area contributed by atoms with E-state index in [0.717, 1.165) is 29.3 Å². The van der Waals surface area contributed by atoms with E-state index in [1.165, 1.54) is 23.8 Å². The lowest BCUT2D eigenvalue weighted by Gasteiger charge is -2.21. The summed E-state index contributed by atoms with van der Waals surface area (Å²) in [7, 11) is 1.72. The van der Waals surface area contributed by atoms with Crippen LogP contribution in [0.5, 0.6) is 0 Å². The number of nitrogens with zero attached hydrogens (tertiary/aromatic N) is 8. The lowest BCUT2D eigenvalue weighted by atomic mass is 9.96. The van der Waals surface area contributed by atoms with Crippen LogP contribution in [0.3, 0.4) is 0 Å². The van der Waals surface area contributed by atoms with Gasteiger partial charge in [0.25, 0.3) is 5.56 Å². The van der Waals surface area contributed by atoms with Gasteiger partial charge in [-0.1, -0.05) is 43.2 Å². The summed E-state index contributed by atoms with van der Waals surface area (Å²) in [5, 5.41) is 22.4. The molecular formula is C18H20N8OS. The Bertz CT molecular complexity index is 1200. The van der Waals surface area contributed by atoms with Gasteiger partial charge < -0.3 is 0 Å². The first-order valence-electron chi connectivity index (χ1n) is 9.46. The fourth-order valence-electron chi connectivity index (χ4n) is 3.95. The Balaban J connectivity index is 1.51. The molecule has 1 aliphatic rings. The number of rotatable bonds is 4. The summed E-state index contributed by atoms with van der Waals surface area (Å²) in [6, 6.07) is 7.92. The molecule has 0 unspecified atom stereocenters. The Morgan fingerprint density at radius 1 is 1.11 bits per heavy atom. The molecule has 144 valence electrons. The Morgan fingerprint density at radius 2 is 1.93 bits per heavy atom. The fourth-order valence-corrected chi connectivity index (χ4v) is 4.81. The van der Waals surface area contributed by atoms with Gasteiger partial charge in [0.15, 0.2) is 0 Å². The van der Waals surface area contributed by atoms with Crippen LogP contribution in [0.2, 0.25) is 0 Å². The molecule has 0 atom stereocenters. The first kappa shape index (κ1) is 17.4. The number of hydrogen-bond acceptors (Lipinski definition) is 7. The summed E-state index contributed by atoms with van der Waals surface area (Å²) in [4.78, 5) is 12.6. The molecule has 10 heteroatoms. The summed E-state index contributed by atoms with van der Waals surface area (Å²) in [5.41, 5.74) is 0.740. The number of thioether (sulfide) groups is 1. The van der Waals surface area contributed by atoms with E-state index < -0.39 is 0 Å². The van der Waals surface area contributed by atoms with Crippen molar-refractivity contribution < 1.29 is 0 Å². The van der Waals surface area contributed by atoms with Crippen molar-refractivity contribution in [2.45, 2.75) is 49.1 Å². The molecule has 1 saturated carbocycles. The topological polar surface area (TPSA) is 95.8 Å². The van der Waals surface area contributed by atoms with Gasteiger partial charge >= 0.3 is 0 Å². The number of para-hydroxylation sites is 1. The zero-order chi connectivity index (χ0) is 19.1. The SMILES string of the molecule is Cn1c(=O)c2ccccc2n2c(CSc3nnnn3C3CCCCC3)nnc12. The van der Waals surface area contributed by atoms with Gasteiger partial charge in [-0.2, -0.15) is 0 Å². The summed E-state index contributed by atoms with van der Waals surface area (Å²) < 4.78 is 5.44. The highest BCUT2D eigenvalue weighted by Crippen LogP contribution is 2.31. The summed E-state index contributed by atoms with van der Waals surface area (Å²) in [6.45, 7) is 0.